The highest BCUT2D eigenvalue weighted by molar-refractivity contribution is 7.10. The molecule has 1 amide bonds. The predicted octanol–water partition coefficient (Wildman–Crippen LogP) is 2.81. The highest BCUT2D eigenvalue weighted by atomic mass is 32.1. The lowest BCUT2D eigenvalue weighted by molar-refractivity contribution is -0.121. The Morgan fingerprint density at radius 2 is 2.00 bits per heavy atom. The van der Waals surface area contributed by atoms with Gasteiger partial charge in [-0.15, -0.1) is 11.3 Å². The number of thiophene rings is 1. The van der Waals surface area contributed by atoms with E-state index in [1.54, 1.807) is 11.3 Å². The highest BCUT2D eigenvalue weighted by Gasteiger charge is 2.27. The first-order chi connectivity index (χ1) is 9.81. The summed E-state index contributed by atoms with van der Waals surface area (Å²) in [5.74, 6) is 0.187. The molecule has 110 valence electrons. The number of nitrogens with one attached hydrogen (secondary N) is 1. The van der Waals surface area contributed by atoms with Crippen molar-refractivity contribution in [1.82, 2.24) is 10.2 Å². The van der Waals surface area contributed by atoms with Crippen LogP contribution in [0.1, 0.15) is 43.4 Å². The number of nitrogens with zero attached hydrogens (tertiary/aromatic N) is 1. The van der Waals surface area contributed by atoms with Crippen LogP contribution in [0.4, 0.5) is 0 Å². The molecule has 1 aromatic rings. The van der Waals surface area contributed by atoms with Crippen molar-refractivity contribution in [2.24, 2.45) is 0 Å². The van der Waals surface area contributed by atoms with Crippen LogP contribution in [0, 0.1) is 0 Å². The Bertz CT molecular complexity index is 418. The largest absolute Gasteiger partial charge is 0.353 e. The molecule has 0 atom stereocenters. The van der Waals surface area contributed by atoms with E-state index >= 15 is 0 Å². The minimum atomic E-state index is 0.187. The molecule has 0 spiro atoms. The van der Waals surface area contributed by atoms with Gasteiger partial charge in [-0.1, -0.05) is 18.9 Å². The van der Waals surface area contributed by atoms with Crippen molar-refractivity contribution >= 4 is 17.2 Å². The third-order valence-electron chi connectivity index (χ3n) is 4.65. The van der Waals surface area contributed by atoms with Crippen molar-refractivity contribution in [3.05, 3.63) is 22.4 Å². The molecule has 3 rings (SSSR count). The van der Waals surface area contributed by atoms with Crippen molar-refractivity contribution in [1.29, 1.82) is 0 Å². The summed E-state index contributed by atoms with van der Waals surface area (Å²) in [6, 6.07) is 5.26. The second-order valence-corrected chi connectivity index (χ2v) is 7.10. The Balaban J connectivity index is 1.40. The molecule has 4 heteroatoms. The molecule has 0 unspecified atom stereocenters. The molecule has 1 saturated carbocycles. The van der Waals surface area contributed by atoms with E-state index < -0.39 is 0 Å². The summed E-state index contributed by atoms with van der Waals surface area (Å²) in [5, 5.41) is 5.24. The van der Waals surface area contributed by atoms with Gasteiger partial charge in [-0.2, -0.15) is 0 Å². The zero-order valence-corrected chi connectivity index (χ0v) is 12.8. The fourth-order valence-corrected chi connectivity index (χ4v) is 4.23. The Morgan fingerprint density at radius 3 is 2.65 bits per heavy atom. The third kappa shape index (κ3) is 3.61. The first-order valence-electron chi connectivity index (χ1n) is 7.87. The van der Waals surface area contributed by atoms with E-state index in [1.165, 1.54) is 25.7 Å². The van der Waals surface area contributed by atoms with Crippen LogP contribution < -0.4 is 5.32 Å². The first kappa shape index (κ1) is 14.1. The minimum Gasteiger partial charge on any atom is -0.353 e. The van der Waals surface area contributed by atoms with Gasteiger partial charge < -0.3 is 10.2 Å². The molecule has 2 fully saturated rings. The van der Waals surface area contributed by atoms with Crippen LogP contribution in [0.3, 0.4) is 0 Å². The molecule has 20 heavy (non-hydrogen) atoms. The lowest BCUT2D eigenvalue weighted by atomic mass is 10.0. The van der Waals surface area contributed by atoms with E-state index in [-0.39, 0.29) is 5.91 Å². The van der Waals surface area contributed by atoms with Gasteiger partial charge in [0.15, 0.2) is 0 Å². The Kier molecular flexibility index (Phi) is 4.73. The quantitative estimate of drug-likeness (QED) is 0.925. The molecule has 1 aliphatic carbocycles. The molecule has 0 bridgehead atoms. The van der Waals surface area contributed by atoms with Crippen molar-refractivity contribution in [2.45, 2.75) is 57.0 Å². The predicted molar refractivity (Wildman–Crippen MR) is 83.0 cm³/mol. The maximum Gasteiger partial charge on any atom is 0.225 e. The van der Waals surface area contributed by atoms with Crippen molar-refractivity contribution in [3.63, 3.8) is 0 Å². The molecule has 1 N–H and O–H groups in total. The van der Waals surface area contributed by atoms with Crippen LogP contribution in [0.2, 0.25) is 0 Å². The highest BCUT2D eigenvalue weighted by Crippen LogP contribution is 2.26. The molecule has 3 nitrogen and oxygen atoms in total. The van der Waals surface area contributed by atoms with E-state index in [4.69, 9.17) is 0 Å². The first-order valence-corrected chi connectivity index (χ1v) is 8.75. The van der Waals surface area contributed by atoms with Gasteiger partial charge in [0.25, 0.3) is 0 Å². The zero-order chi connectivity index (χ0) is 13.8. The molecule has 2 heterocycles. The summed E-state index contributed by atoms with van der Waals surface area (Å²) in [7, 11) is 0. The Morgan fingerprint density at radius 1 is 1.25 bits per heavy atom. The lowest BCUT2D eigenvalue weighted by Gasteiger charge is -2.36. The van der Waals surface area contributed by atoms with Crippen LogP contribution >= 0.6 is 11.3 Å². The molecular weight excluding hydrogens is 268 g/mol. The standard InChI is InChI=1S/C16H24N2OS/c19-16(12-15-6-3-11-20-15)17-13-7-9-18(10-8-13)14-4-1-2-5-14/h3,6,11,13-14H,1-2,4-5,7-10,12H2,(H,17,19). The van der Waals surface area contributed by atoms with Gasteiger partial charge in [-0.3, -0.25) is 4.79 Å². The van der Waals surface area contributed by atoms with Gasteiger partial charge in [0, 0.05) is 30.1 Å². The van der Waals surface area contributed by atoms with Crippen LogP contribution in [-0.2, 0) is 11.2 Å². The lowest BCUT2D eigenvalue weighted by Crippen LogP contribution is -2.47. The molecule has 2 aliphatic rings. The smallest absolute Gasteiger partial charge is 0.225 e. The molecular formula is C16H24N2OS. The molecule has 1 aliphatic heterocycles. The number of carbonyl (C=O) groups excluding carboxylic acids is 1. The van der Waals surface area contributed by atoms with Gasteiger partial charge >= 0.3 is 0 Å². The average Bonchev–Trinajstić information content (AvgIpc) is 3.12. The van der Waals surface area contributed by atoms with Crippen molar-refractivity contribution in [2.75, 3.05) is 13.1 Å². The van der Waals surface area contributed by atoms with Crippen molar-refractivity contribution < 1.29 is 4.79 Å². The zero-order valence-electron chi connectivity index (χ0n) is 12.0. The topological polar surface area (TPSA) is 32.3 Å². The summed E-state index contributed by atoms with van der Waals surface area (Å²) < 4.78 is 0. The van der Waals surface area contributed by atoms with Crippen LogP contribution in [0.15, 0.2) is 17.5 Å². The number of likely N-dealkylation sites (tertiary alicyclic amines) is 1. The van der Waals surface area contributed by atoms with E-state index in [1.807, 2.05) is 17.5 Å². The second-order valence-electron chi connectivity index (χ2n) is 6.07. The van der Waals surface area contributed by atoms with E-state index in [0.717, 1.165) is 36.9 Å². The maximum absolute atomic E-state index is 12.0. The summed E-state index contributed by atoms with van der Waals surface area (Å²) in [6.07, 6.45) is 8.36. The Labute approximate surface area is 125 Å². The van der Waals surface area contributed by atoms with Gasteiger partial charge in [0.2, 0.25) is 5.91 Å². The minimum absolute atomic E-state index is 0.187. The van der Waals surface area contributed by atoms with Gasteiger partial charge in [0.1, 0.15) is 0 Å². The summed E-state index contributed by atoms with van der Waals surface area (Å²) in [6.45, 7) is 2.32. The molecule has 0 aromatic carbocycles. The van der Waals surface area contributed by atoms with Crippen LogP contribution in [0.25, 0.3) is 0 Å². The SMILES string of the molecule is O=C(Cc1cccs1)NC1CCN(C2CCCC2)CC1. The number of rotatable bonds is 4. The third-order valence-corrected chi connectivity index (χ3v) is 5.53. The Hall–Kier alpha value is -0.870. The number of amides is 1. The van der Waals surface area contributed by atoms with Crippen molar-refractivity contribution in [3.8, 4) is 0 Å². The van der Waals surface area contributed by atoms with E-state index in [0.29, 0.717) is 12.5 Å². The normalized spacial score (nSPS) is 22.2. The van der Waals surface area contributed by atoms with Gasteiger partial charge in [0.05, 0.1) is 6.42 Å². The van der Waals surface area contributed by atoms with Crippen LogP contribution in [-0.4, -0.2) is 36.0 Å². The molecule has 1 aromatic heterocycles. The van der Waals surface area contributed by atoms with Gasteiger partial charge in [-0.25, -0.2) is 0 Å². The second kappa shape index (κ2) is 6.72. The van der Waals surface area contributed by atoms with Gasteiger partial charge in [-0.05, 0) is 37.1 Å². The fraction of sp³-hybridized carbons (Fsp3) is 0.688. The number of piperidine rings is 1. The maximum atomic E-state index is 12.0. The molecule has 0 radical (unpaired) electrons. The molecule has 1 saturated heterocycles. The number of hydrogen-bond donors (Lipinski definition) is 1. The summed E-state index contributed by atoms with van der Waals surface area (Å²) in [4.78, 5) is 15.8. The summed E-state index contributed by atoms with van der Waals surface area (Å²) in [5.41, 5.74) is 0. The fourth-order valence-electron chi connectivity index (χ4n) is 3.53. The van der Waals surface area contributed by atoms with Crippen LogP contribution in [0.5, 0.6) is 0 Å². The number of carbonyl (C=O) groups is 1. The van der Waals surface area contributed by atoms with E-state index in [2.05, 4.69) is 10.2 Å². The number of hydrogen-bond acceptors (Lipinski definition) is 3. The summed E-state index contributed by atoms with van der Waals surface area (Å²) >= 11 is 1.66. The average molecular weight is 292 g/mol. The van der Waals surface area contributed by atoms with E-state index in [9.17, 15) is 4.79 Å². The monoisotopic (exact) mass is 292 g/mol.